The van der Waals surface area contributed by atoms with Crippen molar-refractivity contribution in [3.05, 3.63) is 53.0 Å². The molecule has 7 nitrogen and oxygen atoms in total. The van der Waals surface area contributed by atoms with Crippen LogP contribution in [0.15, 0.2) is 28.7 Å². The molecule has 2 aromatic heterocycles. The van der Waals surface area contributed by atoms with E-state index in [0.29, 0.717) is 12.5 Å². The van der Waals surface area contributed by atoms with Gasteiger partial charge in [-0.1, -0.05) is 36.6 Å². The number of hydrogen-bond donors (Lipinski definition) is 1. The number of H-pyrrole nitrogens is 1. The lowest BCUT2D eigenvalue weighted by molar-refractivity contribution is 0.320. The van der Waals surface area contributed by atoms with Crippen LogP contribution in [-0.2, 0) is 19.3 Å². The Morgan fingerprint density at radius 2 is 1.89 bits per heavy atom. The van der Waals surface area contributed by atoms with Crippen molar-refractivity contribution in [2.24, 2.45) is 0 Å². The minimum Gasteiger partial charge on any atom is -0.493 e. The maximum atomic E-state index is 5.95. The van der Waals surface area contributed by atoms with Crippen LogP contribution < -0.4 is 4.74 Å². The molecule has 28 heavy (non-hydrogen) atoms. The van der Waals surface area contributed by atoms with Gasteiger partial charge < -0.3 is 9.15 Å². The number of nitrogens with zero attached hydrogens (tertiary/aromatic N) is 4. The first-order valence-electron chi connectivity index (χ1n) is 10.2. The lowest BCUT2D eigenvalue weighted by atomic mass is 9.89. The summed E-state index contributed by atoms with van der Waals surface area (Å²) in [5.41, 5.74) is 2.25. The molecule has 0 bridgehead atoms. The van der Waals surface area contributed by atoms with Crippen molar-refractivity contribution in [1.82, 2.24) is 25.6 Å². The van der Waals surface area contributed by atoms with Gasteiger partial charge in [-0.3, -0.25) is 0 Å². The Morgan fingerprint density at radius 1 is 1.07 bits per heavy atom. The highest BCUT2D eigenvalue weighted by molar-refractivity contribution is 5.27. The van der Waals surface area contributed by atoms with E-state index in [1.807, 2.05) is 19.1 Å². The van der Waals surface area contributed by atoms with Gasteiger partial charge in [0.25, 0.3) is 0 Å². The molecule has 148 valence electrons. The van der Waals surface area contributed by atoms with Crippen LogP contribution in [0.4, 0.5) is 0 Å². The van der Waals surface area contributed by atoms with E-state index in [0.717, 1.165) is 48.2 Å². The van der Waals surface area contributed by atoms with Crippen LogP contribution in [0.25, 0.3) is 0 Å². The Balaban J connectivity index is 1.25. The molecule has 1 fully saturated rings. The maximum absolute atomic E-state index is 5.95. The molecule has 1 N–H and O–H groups in total. The van der Waals surface area contributed by atoms with Gasteiger partial charge in [0.1, 0.15) is 11.5 Å². The van der Waals surface area contributed by atoms with Gasteiger partial charge in [0.2, 0.25) is 0 Å². The van der Waals surface area contributed by atoms with Gasteiger partial charge >= 0.3 is 0 Å². The molecule has 1 aliphatic carbocycles. The predicted octanol–water partition coefficient (Wildman–Crippen LogP) is 3.95. The predicted molar refractivity (Wildman–Crippen MR) is 104 cm³/mol. The van der Waals surface area contributed by atoms with E-state index in [4.69, 9.17) is 14.1 Å². The number of nitrogens with one attached hydrogen (secondary N) is 1. The number of ether oxygens (including phenoxy) is 1. The molecule has 0 unspecified atom stereocenters. The molecule has 4 rings (SSSR count). The fourth-order valence-electron chi connectivity index (χ4n) is 3.77. The molecule has 7 heteroatoms. The fourth-order valence-corrected chi connectivity index (χ4v) is 3.77. The van der Waals surface area contributed by atoms with Gasteiger partial charge in [0.15, 0.2) is 11.7 Å². The molecule has 0 spiro atoms. The van der Waals surface area contributed by atoms with Gasteiger partial charge in [0, 0.05) is 18.8 Å². The van der Waals surface area contributed by atoms with E-state index in [-0.39, 0.29) is 0 Å². The molecule has 0 atom stereocenters. The first-order chi connectivity index (χ1) is 13.8. The van der Waals surface area contributed by atoms with E-state index >= 15 is 0 Å². The first kappa shape index (κ1) is 18.7. The van der Waals surface area contributed by atoms with E-state index in [1.165, 1.54) is 37.7 Å². The summed E-state index contributed by atoms with van der Waals surface area (Å²) in [6.45, 7) is 2.60. The number of hydrogen-bond acceptors (Lipinski definition) is 6. The largest absolute Gasteiger partial charge is 0.493 e. The van der Waals surface area contributed by atoms with Crippen molar-refractivity contribution >= 4 is 0 Å². The number of oxazole rings is 1. The van der Waals surface area contributed by atoms with Crippen LogP contribution in [0, 0.1) is 6.92 Å². The third-order valence-corrected chi connectivity index (χ3v) is 5.42. The Labute approximate surface area is 164 Å². The molecular formula is C21H27N5O2. The molecule has 1 aliphatic rings. The third kappa shape index (κ3) is 4.77. The second-order valence-corrected chi connectivity index (χ2v) is 7.46. The summed E-state index contributed by atoms with van der Waals surface area (Å²) < 4.78 is 11.9. The summed E-state index contributed by atoms with van der Waals surface area (Å²) in [5.74, 6) is 3.97. The maximum Gasteiger partial charge on any atom is 0.197 e. The minimum atomic E-state index is 0.502. The van der Waals surface area contributed by atoms with Gasteiger partial charge in [-0.25, -0.2) is 4.98 Å². The van der Waals surface area contributed by atoms with Gasteiger partial charge in [-0.05, 0) is 43.9 Å². The van der Waals surface area contributed by atoms with Crippen molar-refractivity contribution in [2.45, 2.75) is 64.2 Å². The average Bonchev–Trinajstić information content (AvgIpc) is 3.38. The van der Waals surface area contributed by atoms with Crippen molar-refractivity contribution in [2.75, 3.05) is 6.61 Å². The molecule has 3 aromatic rings. The molecule has 2 heterocycles. The third-order valence-electron chi connectivity index (χ3n) is 5.42. The van der Waals surface area contributed by atoms with Crippen LogP contribution >= 0.6 is 0 Å². The normalized spacial score (nSPS) is 15.0. The zero-order valence-electron chi connectivity index (χ0n) is 16.4. The SMILES string of the molecule is Cc1oc(C2CCCCC2)nc1CCOc1ccc(CCc2nn[nH]n2)cc1. The van der Waals surface area contributed by atoms with E-state index in [2.05, 4.69) is 32.8 Å². The van der Waals surface area contributed by atoms with Crippen LogP contribution in [0.5, 0.6) is 5.75 Å². The van der Waals surface area contributed by atoms with Gasteiger partial charge in [0.05, 0.1) is 12.3 Å². The lowest BCUT2D eigenvalue weighted by Gasteiger charge is -2.17. The highest BCUT2D eigenvalue weighted by atomic mass is 16.5. The molecule has 0 amide bonds. The Bertz CT molecular complexity index is 852. The number of tetrazole rings is 1. The number of aromatic amines is 1. The number of benzene rings is 1. The molecule has 0 radical (unpaired) electrons. The Morgan fingerprint density at radius 3 is 2.64 bits per heavy atom. The monoisotopic (exact) mass is 381 g/mol. The van der Waals surface area contributed by atoms with Crippen LogP contribution in [0.2, 0.25) is 0 Å². The zero-order chi connectivity index (χ0) is 19.2. The van der Waals surface area contributed by atoms with Crippen molar-refractivity contribution in [3.8, 4) is 5.75 Å². The van der Waals surface area contributed by atoms with Crippen LogP contribution in [0.1, 0.15) is 66.8 Å². The standard InChI is InChI=1S/C21H27N5O2/c1-15-19(22-21(28-15)17-5-3-2-4-6-17)13-14-27-18-10-7-16(8-11-18)9-12-20-23-25-26-24-20/h7-8,10-11,17H,2-6,9,12-14H2,1H3,(H,23,24,25,26). The van der Waals surface area contributed by atoms with Gasteiger partial charge in [-0.15, -0.1) is 10.2 Å². The second kappa shape index (κ2) is 8.99. The van der Waals surface area contributed by atoms with Gasteiger partial charge in [-0.2, -0.15) is 5.21 Å². The zero-order valence-corrected chi connectivity index (χ0v) is 16.4. The lowest BCUT2D eigenvalue weighted by Crippen LogP contribution is -2.06. The van der Waals surface area contributed by atoms with E-state index in [9.17, 15) is 0 Å². The summed E-state index contributed by atoms with van der Waals surface area (Å²) in [6.07, 6.45) is 8.73. The Hall–Kier alpha value is -2.70. The number of aromatic nitrogens is 5. The van der Waals surface area contributed by atoms with E-state index in [1.54, 1.807) is 0 Å². The van der Waals surface area contributed by atoms with Crippen molar-refractivity contribution in [1.29, 1.82) is 0 Å². The highest BCUT2D eigenvalue weighted by Crippen LogP contribution is 2.33. The van der Waals surface area contributed by atoms with Crippen molar-refractivity contribution < 1.29 is 9.15 Å². The fraction of sp³-hybridized carbons (Fsp3) is 0.524. The minimum absolute atomic E-state index is 0.502. The quantitative estimate of drug-likeness (QED) is 0.635. The van der Waals surface area contributed by atoms with E-state index < -0.39 is 0 Å². The average molecular weight is 381 g/mol. The number of aryl methyl sites for hydroxylation is 3. The molecule has 0 saturated heterocycles. The summed E-state index contributed by atoms with van der Waals surface area (Å²) in [4.78, 5) is 4.76. The molecule has 1 aromatic carbocycles. The smallest absolute Gasteiger partial charge is 0.197 e. The first-order valence-corrected chi connectivity index (χ1v) is 10.2. The number of rotatable bonds is 8. The summed E-state index contributed by atoms with van der Waals surface area (Å²) in [7, 11) is 0. The molecule has 0 aliphatic heterocycles. The topological polar surface area (TPSA) is 89.7 Å². The van der Waals surface area contributed by atoms with Crippen LogP contribution in [-0.4, -0.2) is 32.2 Å². The summed E-state index contributed by atoms with van der Waals surface area (Å²) in [6, 6.07) is 8.18. The highest BCUT2D eigenvalue weighted by Gasteiger charge is 2.21. The second-order valence-electron chi connectivity index (χ2n) is 7.46. The van der Waals surface area contributed by atoms with Crippen molar-refractivity contribution in [3.63, 3.8) is 0 Å². The Kier molecular flexibility index (Phi) is 5.99. The molecular weight excluding hydrogens is 354 g/mol. The summed E-state index contributed by atoms with van der Waals surface area (Å²) in [5, 5.41) is 14.0. The summed E-state index contributed by atoms with van der Waals surface area (Å²) >= 11 is 0. The van der Waals surface area contributed by atoms with Crippen LogP contribution in [0.3, 0.4) is 0 Å². The molecule has 1 saturated carbocycles.